The lowest BCUT2D eigenvalue weighted by Gasteiger charge is -2.13. The molecule has 0 amide bonds. The monoisotopic (exact) mass is 397 g/mol. The molecule has 29 heavy (non-hydrogen) atoms. The molecule has 3 rings (SSSR count). The van der Waals surface area contributed by atoms with Crippen LogP contribution in [-0.2, 0) is 23.1 Å². The molecular weight excluding hydrogens is 378 g/mol. The van der Waals surface area contributed by atoms with Gasteiger partial charge in [-0.05, 0) is 30.7 Å². The average Bonchev–Trinajstić information content (AvgIpc) is 2.73. The third-order valence-electron chi connectivity index (χ3n) is 4.54. The third-order valence-corrected chi connectivity index (χ3v) is 4.54. The number of hydrogen-bond donors (Lipinski definition) is 0. The van der Waals surface area contributed by atoms with Gasteiger partial charge in [-0.2, -0.15) is 0 Å². The van der Waals surface area contributed by atoms with Gasteiger partial charge in [-0.1, -0.05) is 12.1 Å². The minimum Gasteiger partial charge on any atom is -0.465 e. The van der Waals surface area contributed by atoms with E-state index < -0.39 is 23.2 Å². The van der Waals surface area contributed by atoms with Gasteiger partial charge >= 0.3 is 17.6 Å². The second kappa shape index (κ2) is 7.70. The number of carbonyl (C=O) groups excluding carboxylic acids is 2. The van der Waals surface area contributed by atoms with E-state index in [1.165, 1.54) is 31.9 Å². The molecule has 0 aliphatic rings. The van der Waals surface area contributed by atoms with Crippen LogP contribution in [0.2, 0.25) is 0 Å². The van der Waals surface area contributed by atoms with Crippen LogP contribution in [0, 0.1) is 6.92 Å². The summed E-state index contributed by atoms with van der Waals surface area (Å²) in [5.74, 6) is -1.18. The largest absolute Gasteiger partial charge is 0.465 e. The number of rotatable bonds is 4. The van der Waals surface area contributed by atoms with Crippen LogP contribution in [0.5, 0.6) is 0 Å². The van der Waals surface area contributed by atoms with Crippen molar-refractivity contribution >= 4 is 23.0 Å². The van der Waals surface area contributed by atoms with Gasteiger partial charge in [-0.25, -0.2) is 19.4 Å². The summed E-state index contributed by atoms with van der Waals surface area (Å²) in [5.41, 5.74) is 0.381. The van der Waals surface area contributed by atoms with Crippen molar-refractivity contribution in [1.29, 1.82) is 0 Å². The molecule has 150 valence electrons. The molecule has 0 saturated carbocycles. The fourth-order valence-electron chi connectivity index (χ4n) is 3.06. The molecule has 0 spiro atoms. The van der Waals surface area contributed by atoms with E-state index in [0.717, 1.165) is 4.57 Å². The summed E-state index contributed by atoms with van der Waals surface area (Å²) in [5, 5.41) is 0.00994. The first-order valence-corrected chi connectivity index (χ1v) is 8.65. The van der Waals surface area contributed by atoms with Crippen LogP contribution >= 0.6 is 0 Å². The summed E-state index contributed by atoms with van der Waals surface area (Å²) in [6.45, 7) is 1.61. The minimum atomic E-state index is -0.690. The van der Waals surface area contributed by atoms with E-state index in [0.29, 0.717) is 16.8 Å². The molecule has 3 aromatic rings. The van der Waals surface area contributed by atoms with E-state index in [1.807, 2.05) is 0 Å². The number of fused-ring (bicyclic) bond motifs is 1. The number of pyridine rings is 1. The highest BCUT2D eigenvalue weighted by molar-refractivity contribution is 6.02. The number of esters is 2. The van der Waals surface area contributed by atoms with Gasteiger partial charge in [-0.15, -0.1) is 0 Å². The van der Waals surface area contributed by atoms with Crippen molar-refractivity contribution in [2.24, 2.45) is 7.05 Å². The highest BCUT2D eigenvalue weighted by atomic mass is 16.5. The lowest BCUT2D eigenvalue weighted by molar-refractivity contribution is 0.0592. The zero-order valence-electron chi connectivity index (χ0n) is 16.4. The van der Waals surface area contributed by atoms with Crippen molar-refractivity contribution in [3.8, 4) is 0 Å². The Morgan fingerprint density at radius 3 is 2.24 bits per heavy atom. The Morgan fingerprint density at radius 1 is 1.03 bits per heavy atom. The van der Waals surface area contributed by atoms with E-state index in [1.54, 1.807) is 31.2 Å². The molecule has 0 bridgehead atoms. The Morgan fingerprint density at radius 2 is 1.66 bits per heavy atom. The molecule has 2 heterocycles. The van der Waals surface area contributed by atoms with Crippen molar-refractivity contribution in [1.82, 2.24) is 14.1 Å². The molecule has 0 fully saturated rings. The van der Waals surface area contributed by atoms with E-state index in [9.17, 15) is 19.2 Å². The predicted molar refractivity (Wildman–Crippen MR) is 104 cm³/mol. The summed E-state index contributed by atoms with van der Waals surface area (Å²) in [6.07, 6.45) is 0. The Hall–Kier alpha value is -3.75. The summed E-state index contributed by atoms with van der Waals surface area (Å²) in [6, 6.07) is 7.79. The molecule has 0 atom stereocenters. The summed E-state index contributed by atoms with van der Waals surface area (Å²) in [7, 11) is 3.98. The molecule has 2 aromatic heterocycles. The number of benzene rings is 1. The molecule has 0 saturated heterocycles. The first-order chi connectivity index (χ1) is 13.8. The fourth-order valence-corrected chi connectivity index (χ4v) is 3.06. The fraction of sp³-hybridized carbons (Fsp3) is 0.250. The van der Waals surface area contributed by atoms with Crippen LogP contribution in [0.15, 0.2) is 39.9 Å². The van der Waals surface area contributed by atoms with Crippen LogP contribution < -0.4 is 11.2 Å². The van der Waals surface area contributed by atoms with Crippen molar-refractivity contribution < 1.29 is 19.1 Å². The summed E-state index contributed by atoms with van der Waals surface area (Å²) in [4.78, 5) is 53.9. The van der Waals surface area contributed by atoms with Gasteiger partial charge in [0.2, 0.25) is 0 Å². The second-order valence-electron chi connectivity index (χ2n) is 6.42. The Labute approximate surface area is 165 Å². The normalized spacial score (nSPS) is 10.8. The van der Waals surface area contributed by atoms with Crippen molar-refractivity contribution in [2.45, 2.75) is 13.5 Å². The Bertz CT molecular complexity index is 1240. The van der Waals surface area contributed by atoms with Crippen LogP contribution in [0.1, 0.15) is 32.0 Å². The van der Waals surface area contributed by atoms with Crippen LogP contribution in [0.4, 0.5) is 0 Å². The first-order valence-electron chi connectivity index (χ1n) is 8.65. The average molecular weight is 397 g/mol. The lowest BCUT2D eigenvalue weighted by Crippen LogP contribution is -2.40. The number of methoxy groups -OCH3 is 2. The topological polar surface area (TPSA) is 109 Å². The lowest BCUT2D eigenvalue weighted by atomic mass is 10.1. The number of nitrogens with zero attached hydrogens (tertiary/aromatic N) is 3. The maximum Gasteiger partial charge on any atom is 0.338 e. The zero-order valence-corrected chi connectivity index (χ0v) is 16.4. The molecule has 1 aromatic carbocycles. The molecule has 0 unspecified atom stereocenters. The highest BCUT2D eigenvalue weighted by Crippen LogP contribution is 2.15. The number of hydrogen-bond acceptors (Lipinski definition) is 7. The molecular formula is C20H19N3O6. The second-order valence-corrected chi connectivity index (χ2v) is 6.42. The van der Waals surface area contributed by atoms with Crippen molar-refractivity contribution in [3.05, 3.63) is 73.6 Å². The van der Waals surface area contributed by atoms with Crippen LogP contribution in [0.25, 0.3) is 11.0 Å². The zero-order chi connectivity index (χ0) is 21.3. The first kappa shape index (κ1) is 20.0. The van der Waals surface area contributed by atoms with Crippen LogP contribution in [0.3, 0.4) is 0 Å². The number of carbonyl (C=O) groups is 2. The van der Waals surface area contributed by atoms with E-state index >= 15 is 0 Å². The van der Waals surface area contributed by atoms with Gasteiger partial charge in [0.25, 0.3) is 5.56 Å². The molecule has 0 aliphatic carbocycles. The van der Waals surface area contributed by atoms with Gasteiger partial charge in [0.15, 0.2) is 0 Å². The number of ether oxygens (including phenoxy) is 2. The maximum atomic E-state index is 13.1. The minimum absolute atomic E-state index is 0.00994. The molecule has 0 radical (unpaired) electrons. The van der Waals surface area contributed by atoms with E-state index in [2.05, 4.69) is 9.72 Å². The van der Waals surface area contributed by atoms with Crippen LogP contribution in [-0.4, -0.2) is 40.3 Å². The predicted octanol–water partition coefficient (Wildman–Crippen LogP) is 1.03. The Balaban J connectivity index is 2.20. The van der Waals surface area contributed by atoms with Gasteiger partial charge < -0.3 is 9.47 Å². The molecule has 9 nitrogen and oxygen atoms in total. The van der Waals surface area contributed by atoms with Gasteiger partial charge in [-0.3, -0.25) is 13.9 Å². The number of aromatic nitrogens is 3. The highest BCUT2D eigenvalue weighted by Gasteiger charge is 2.21. The smallest absolute Gasteiger partial charge is 0.338 e. The number of aryl methyl sites for hydroxylation is 2. The van der Waals surface area contributed by atoms with Crippen molar-refractivity contribution in [3.63, 3.8) is 0 Å². The van der Waals surface area contributed by atoms with E-state index in [4.69, 9.17) is 4.74 Å². The molecule has 0 aliphatic heterocycles. The summed E-state index contributed by atoms with van der Waals surface area (Å²) >= 11 is 0. The van der Waals surface area contributed by atoms with Crippen molar-refractivity contribution in [2.75, 3.05) is 14.2 Å². The summed E-state index contributed by atoms with van der Waals surface area (Å²) < 4.78 is 11.7. The third kappa shape index (κ3) is 3.54. The Kier molecular flexibility index (Phi) is 5.31. The van der Waals surface area contributed by atoms with Gasteiger partial charge in [0.05, 0.1) is 37.3 Å². The van der Waals surface area contributed by atoms with E-state index in [-0.39, 0.29) is 23.1 Å². The molecule has 9 heteroatoms. The SMILES string of the molecule is COC(=O)c1ccc(Cn2c(=O)c3c(C(=O)OC)cc(C)nc3n(C)c2=O)cc1. The maximum absolute atomic E-state index is 13.1. The standard InChI is InChI=1S/C20H19N3O6/c1-11-9-14(19(26)29-4)15-16(21-11)22(2)20(27)23(17(15)24)10-12-5-7-13(8-6-12)18(25)28-3/h5-9H,10H2,1-4H3. The molecule has 0 N–H and O–H groups in total. The van der Waals surface area contributed by atoms with Gasteiger partial charge in [0.1, 0.15) is 5.65 Å². The quantitative estimate of drug-likeness (QED) is 0.605. The van der Waals surface area contributed by atoms with Gasteiger partial charge in [0, 0.05) is 12.7 Å².